The lowest BCUT2D eigenvalue weighted by molar-refractivity contribution is 0.556. The van der Waals surface area contributed by atoms with Gasteiger partial charge in [0.15, 0.2) is 11.6 Å². The summed E-state index contributed by atoms with van der Waals surface area (Å²) in [5.74, 6) is -0.878. The van der Waals surface area contributed by atoms with E-state index in [2.05, 4.69) is 14.7 Å². The van der Waals surface area contributed by atoms with Crippen LogP contribution in [-0.2, 0) is 10.0 Å². The van der Waals surface area contributed by atoms with E-state index in [0.717, 1.165) is 6.07 Å². The molecule has 0 spiro atoms. The van der Waals surface area contributed by atoms with Gasteiger partial charge < -0.3 is 5.73 Å². The second-order valence-corrected chi connectivity index (χ2v) is 5.75. The Labute approximate surface area is 107 Å². The zero-order valence-electron chi connectivity index (χ0n) is 9.21. The lowest BCUT2D eigenvalue weighted by Crippen LogP contribution is -2.17. The van der Waals surface area contributed by atoms with Crippen molar-refractivity contribution >= 4 is 32.9 Å². The SMILES string of the molecule is Cc1nc(S(=O)(=O)Nc2cscn2)c(F)cc1N. The molecular formula is C9H9FN4O2S2. The Bertz CT molecular complexity index is 670. The summed E-state index contributed by atoms with van der Waals surface area (Å²) in [6.45, 7) is 1.50. The topological polar surface area (TPSA) is 98.0 Å². The van der Waals surface area contributed by atoms with E-state index in [4.69, 9.17) is 5.73 Å². The number of thiazole rings is 1. The number of hydrogen-bond acceptors (Lipinski definition) is 6. The molecule has 2 aromatic rings. The van der Waals surface area contributed by atoms with E-state index < -0.39 is 20.9 Å². The second-order valence-electron chi connectivity index (χ2n) is 3.43. The summed E-state index contributed by atoms with van der Waals surface area (Å²) in [5.41, 5.74) is 7.24. The highest BCUT2D eigenvalue weighted by molar-refractivity contribution is 7.92. The number of hydrogen-bond donors (Lipinski definition) is 2. The van der Waals surface area contributed by atoms with Crippen LogP contribution in [0.3, 0.4) is 0 Å². The molecule has 2 heterocycles. The molecule has 9 heteroatoms. The molecule has 0 aliphatic rings. The number of nitrogens with zero attached hydrogens (tertiary/aromatic N) is 2. The Morgan fingerprint density at radius 1 is 1.50 bits per heavy atom. The van der Waals surface area contributed by atoms with Crippen LogP contribution >= 0.6 is 11.3 Å². The van der Waals surface area contributed by atoms with E-state index in [9.17, 15) is 12.8 Å². The molecule has 0 atom stereocenters. The monoisotopic (exact) mass is 288 g/mol. The maximum atomic E-state index is 13.6. The third-order valence-electron chi connectivity index (χ3n) is 2.10. The molecular weight excluding hydrogens is 279 g/mol. The van der Waals surface area contributed by atoms with Gasteiger partial charge in [0.1, 0.15) is 0 Å². The number of nitrogen functional groups attached to an aromatic ring is 1. The van der Waals surface area contributed by atoms with Crippen LogP contribution in [0.5, 0.6) is 0 Å². The Hall–Kier alpha value is -1.74. The first-order chi connectivity index (χ1) is 8.40. The van der Waals surface area contributed by atoms with Crippen LogP contribution < -0.4 is 10.5 Å². The summed E-state index contributed by atoms with van der Waals surface area (Å²) in [5, 5.41) is 0.793. The number of aromatic nitrogens is 2. The largest absolute Gasteiger partial charge is 0.397 e. The maximum Gasteiger partial charge on any atom is 0.283 e. The van der Waals surface area contributed by atoms with Gasteiger partial charge in [-0.15, -0.1) is 11.3 Å². The molecule has 0 saturated heterocycles. The van der Waals surface area contributed by atoms with E-state index in [1.54, 1.807) is 0 Å². The van der Waals surface area contributed by atoms with Gasteiger partial charge in [0.25, 0.3) is 10.0 Å². The summed E-state index contributed by atoms with van der Waals surface area (Å²) in [6.07, 6.45) is 0. The fourth-order valence-corrected chi connectivity index (χ4v) is 2.83. The van der Waals surface area contributed by atoms with Crippen molar-refractivity contribution in [3.05, 3.63) is 28.5 Å². The van der Waals surface area contributed by atoms with Crippen LogP contribution in [-0.4, -0.2) is 18.4 Å². The van der Waals surface area contributed by atoms with Crippen LogP contribution in [0.25, 0.3) is 0 Å². The molecule has 6 nitrogen and oxygen atoms in total. The highest BCUT2D eigenvalue weighted by Crippen LogP contribution is 2.20. The average Bonchev–Trinajstić information content (AvgIpc) is 2.75. The van der Waals surface area contributed by atoms with Gasteiger partial charge >= 0.3 is 0 Å². The predicted octanol–water partition coefficient (Wildman–Crippen LogP) is 1.37. The summed E-state index contributed by atoms with van der Waals surface area (Å²) < 4.78 is 39.5. The van der Waals surface area contributed by atoms with Crippen molar-refractivity contribution in [2.24, 2.45) is 0 Å². The first-order valence-electron chi connectivity index (χ1n) is 4.74. The quantitative estimate of drug-likeness (QED) is 0.888. The molecule has 0 unspecified atom stereocenters. The van der Waals surface area contributed by atoms with E-state index in [1.165, 1.54) is 29.2 Å². The zero-order valence-corrected chi connectivity index (χ0v) is 10.8. The molecule has 3 N–H and O–H groups in total. The lowest BCUT2D eigenvalue weighted by atomic mass is 10.3. The predicted molar refractivity (Wildman–Crippen MR) is 66.3 cm³/mol. The van der Waals surface area contributed by atoms with Gasteiger partial charge in [-0.05, 0) is 6.92 Å². The van der Waals surface area contributed by atoms with Gasteiger partial charge in [-0.3, -0.25) is 4.72 Å². The Morgan fingerprint density at radius 2 is 2.22 bits per heavy atom. The standard InChI is InChI=1S/C9H9FN4O2S2/c1-5-7(11)2-6(10)9(13-5)18(15,16)14-8-3-17-4-12-8/h2-4,14H,11H2,1H3. The van der Waals surface area contributed by atoms with Crippen LogP contribution in [0, 0.1) is 12.7 Å². The molecule has 18 heavy (non-hydrogen) atoms. The summed E-state index contributed by atoms with van der Waals surface area (Å²) in [6, 6.07) is 0.929. The maximum absolute atomic E-state index is 13.6. The highest BCUT2D eigenvalue weighted by atomic mass is 32.2. The van der Waals surface area contributed by atoms with Crippen molar-refractivity contribution < 1.29 is 12.8 Å². The normalized spacial score (nSPS) is 11.4. The van der Waals surface area contributed by atoms with Gasteiger partial charge in [-0.25, -0.2) is 14.4 Å². The minimum Gasteiger partial charge on any atom is -0.397 e. The number of rotatable bonds is 3. The number of pyridine rings is 1. The van der Waals surface area contributed by atoms with Gasteiger partial charge in [0, 0.05) is 11.4 Å². The highest BCUT2D eigenvalue weighted by Gasteiger charge is 2.23. The third kappa shape index (κ3) is 2.41. The van der Waals surface area contributed by atoms with Gasteiger partial charge in [-0.1, -0.05) is 0 Å². The van der Waals surface area contributed by atoms with Crippen molar-refractivity contribution in [2.75, 3.05) is 10.5 Å². The number of nitrogens with two attached hydrogens (primary N) is 1. The van der Waals surface area contributed by atoms with Crippen molar-refractivity contribution in [3.8, 4) is 0 Å². The molecule has 0 bridgehead atoms. The average molecular weight is 288 g/mol. The van der Waals surface area contributed by atoms with Crippen LogP contribution in [0.2, 0.25) is 0 Å². The number of nitrogens with one attached hydrogen (secondary N) is 1. The summed E-state index contributed by atoms with van der Waals surface area (Å²) >= 11 is 1.21. The molecule has 0 fully saturated rings. The van der Waals surface area contributed by atoms with E-state index in [1.807, 2.05) is 0 Å². The fourth-order valence-electron chi connectivity index (χ4n) is 1.21. The minimum atomic E-state index is -4.10. The van der Waals surface area contributed by atoms with Gasteiger partial charge in [-0.2, -0.15) is 8.42 Å². The third-order valence-corrected chi connectivity index (χ3v) is 3.96. The van der Waals surface area contributed by atoms with Crippen LogP contribution in [0.15, 0.2) is 22.0 Å². The number of sulfonamides is 1. The molecule has 2 aromatic heterocycles. The summed E-state index contributed by atoms with van der Waals surface area (Å²) in [4.78, 5) is 7.40. The second kappa shape index (κ2) is 4.50. The summed E-state index contributed by atoms with van der Waals surface area (Å²) in [7, 11) is -4.10. The Kier molecular flexibility index (Phi) is 3.18. The molecule has 2 rings (SSSR count). The zero-order chi connectivity index (χ0) is 13.3. The lowest BCUT2D eigenvalue weighted by Gasteiger charge is -2.07. The molecule has 0 aliphatic carbocycles. The molecule has 0 aromatic carbocycles. The van der Waals surface area contributed by atoms with Crippen molar-refractivity contribution in [3.63, 3.8) is 0 Å². The number of anilines is 2. The van der Waals surface area contributed by atoms with Crippen molar-refractivity contribution in [1.82, 2.24) is 9.97 Å². The van der Waals surface area contributed by atoms with E-state index >= 15 is 0 Å². The molecule has 0 saturated carbocycles. The molecule has 0 amide bonds. The smallest absolute Gasteiger partial charge is 0.283 e. The van der Waals surface area contributed by atoms with Crippen molar-refractivity contribution in [1.29, 1.82) is 0 Å². The first kappa shape index (κ1) is 12.7. The molecule has 96 valence electrons. The van der Waals surface area contributed by atoms with Crippen LogP contribution in [0.4, 0.5) is 15.9 Å². The Morgan fingerprint density at radius 3 is 2.83 bits per heavy atom. The van der Waals surface area contributed by atoms with E-state index in [0.29, 0.717) is 0 Å². The van der Waals surface area contributed by atoms with Crippen LogP contribution in [0.1, 0.15) is 5.69 Å². The van der Waals surface area contributed by atoms with Crippen molar-refractivity contribution in [2.45, 2.75) is 11.9 Å². The number of halogens is 1. The molecule has 0 radical (unpaired) electrons. The molecule has 0 aliphatic heterocycles. The Balaban J connectivity index is 2.44. The van der Waals surface area contributed by atoms with Gasteiger partial charge in [0.05, 0.1) is 16.9 Å². The number of aryl methyl sites for hydroxylation is 1. The van der Waals surface area contributed by atoms with Gasteiger partial charge in [0.2, 0.25) is 5.03 Å². The fraction of sp³-hybridized carbons (Fsp3) is 0.111. The first-order valence-corrected chi connectivity index (χ1v) is 7.16. The minimum absolute atomic E-state index is 0.0973. The van der Waals surface area contributed by atoms with E-state index in [-0.39, 0.29) is 17.2 Å².